The van der Waals surface area contributed by atoms with Crippen molar-refractivity contribution in [1.29, 1.82) is 0 Å². The third-order valence-corrected chi connectivity index (χ3v) is 2.18. The van der Waals surface area contributed by atoms with Crippen molar-refractivity contribution < 1.29 is 5.11 Å². The summed E-state index contributed by atoms with van der Waals surface area (Å²) in [5.74, 6) is 6.50. The molecule has 0 amide bonds. The molecule has 0 atom stereocenters. The molecule has 1 aromatic heterocycles. The largest absolute Gasteiger partial charge is 0.384 e. The number of hydrogen-bond donors (Lipinski definition) is 2. The average molecular weight is 211 g/mol. The van der Waals surface area contributed by atoms with Crippen molar-refractivity contribution in [2.45, 2.75) is 19.8 Å². The Bertz CT molecular complexity index is 337. The highest BCUT2D eigenvalue weighted by molar-refractivity contribution is 7.09. The molecule has 4 nitrogen and oxygen atoms in total. The molecule has 0 aliphatic carbocycles. The lowest BCUT2D eigenvalue weighted by molar-refractivity contribution is 0.350. The molecule has 5 heteroatoms. The van der Waals surface area contributed by atoms with Crippen LogP contribution in [0.3, 0.4) is 0 Å². The third-order valence-electron chi connectivity index (χ3n) is 1.49. The van der Waals surface area contributed by atoms with Crippen molar-refractivity contribution in [2.75, 3.05) is 18.5 Å². The van der Waals surface area contributed by atoms with Crippen LogP contribution in [-0.2, 0) is 0 Å². The number of anilines is 1. The predicted octanol–water partition coefficient (Wildman–Crippen LogP) is 1.07. The molecule has 0 fully saturated rings. The van der Waals surface area contributed by atoms with E-state index in [9.17, 15) is 0 Å². The number of aliphatic hydroxyl groups excluding tert-OH is 1. The fourth-order valence-corrected chi connectivity index (χ4v) is 1.48. The Labute approximate surface area is 87.6 Å². The first-order valence-electron chi connectivity index (χ1n) is 4.38. The Morgan fingerprint density at radius 1 is 1.50 bits per heavy atom. The van der Waals surface area contributed by atoms with Gasteiger partial charge in [-0.15, -0.1) is 0 Å². The minimum atomic E-state index is -0.102. The molecule has 0 aromatic carbocycles. The Morgan fingerprint density at radius 3 is 2.86 bits per heavy atom. The van der Waals surface area contributed by atoms with E-state index in [-0.39, 0.29) is 6.61 Å². The number of aliphatic hydroxyl groups is 1. The van der Waals surface area contributed by atoms with E-state index >= 15 is 0 Å². The highest BCUT2D eigenvalue weighted by Crippen LogP contribution is 2.16. The van der Waals surface area contributed by atoms with E-state index in [4.69, 9.17) is 5.11 Å². The van der Waals surface area contributed by atoms with Crippen molar-refractivity contribution in [2.24, 2.45) is 0 Å². The lowest BCUT2D eigenvalue weighted by atomic mass is 10.2. The van der Waals surface area contributed by atoms with Gasteiger partial charge in [-0.2, -0.15) is 4.37 Å². The van der Waals surface area contributed by atoms with Crippen LogP contribution in [0.5, 0.6) is 0 Å². The van der Waals surface area contributed by atoms with Gasteiger partial charge in [0.2, 0.25) is 5.13 Å². The van der Waals surface area contributed by atoms with Gasteiger partial charge in [-0.05, 0) is 0 Å². The molecule has 14 heavy (non-hydrogen) atoms. The molecule has 0 aliphatic rings. The van der Waals surface area contributed by atoms with E-state index in [1.165, 1.54) is 11.5 Å². The van der Waals surface area contributed by atoms with Crippen LogP contribution in [0.4, 0.5) is 5.13 Å². The standard InChI is InChI=1S/C9H13N3OS/c1-7(2)8-11-9(14-12-8)10-5-3-4-6-13/h7,13H,5-6H2,1-2H3,(H,10,11,12). The SMILES string of the molecule is CC(C)c1nsc(NCC#CCO)n1. The van der Waals surface area contributed by atoms with Crippen LogP contribution in [0.2, 0.25) is 0 Å². The van der Waals surface area contributed by atoms with Gasteiger partial charge in [0.05, 0.1) is 6.54 Å². The number of rotatable bonds is 3. The lowest BCUT2D eigenvalue weighted by Gasteiger charge is -1.95. The van der Waals surface area contributed by atoms with Gasteiger partial charge in [0.25, 0.3) is 0 Å². The molecule has 0 radical (unpaired) electrons. The van der Waals surface area contributed by atoms with Crippen molar-refractivity contribution >= 4 is 16.7 Å². The molecule has 0 bridgehead atoms. The number of hydrogen-bond acceptors (Lipinski definition) is 5. The molecule has 0 aliphatic heterocycles. The Kier molecular flexibility index (Phi) is 4.36. The van der Waals surface area contributed by atoms with E-state index < -0.39 is 0 Å². The normalized spacial score (nSPS) is 9.71. The molecular formula is C9H13N3OS. The van der Waals surface area contributed by atoms with Crippen LogP contribution in [0.15, 0.2) is 0 Å². The van der Waals surface area contributed by atoms with Crippen molar-refractivity contribution in [3.63, 3.8) is 0 Å². The van der Waals surface area contributed by atoms with Crippen molar-refractivity contribution in [3.8, 4) is 11.8 Å². The third kappa shape index (κ3) is 3.32. The van der Waals surface area contributed by atoms with E-state index in [0.29, 0.717) is 12.5 Å². The molecule has 76 valence electrons. The van der Waals surface area contributed by atoms with Crippen LogP contribution in [0.25, 0.3) is 0 Å². The predicted molar refractivity (Wildman–Crippen MR) is 57.3 cm³/mol. The zero-order chi connectivity index (χ0) is 10.4. The Morgan fingerprint density at radius 2 is 2.29 bits per heavy atom. The highest BCUT2D eigenvalue weighted by Gasteiger charge is 2.05. The van der Waals surface area contributed by atoms with Gasteiger partial charge in [-0.1, -0.05) is 25.7 Å². The molecular weight excluding hydrogens is 198 g/mol. The minimum absolute atomic E-state index is 0.102. The molecule has 0 spiro atoms. The van der Waals surface area contributed by atoms with Crippen LogP contribution >= 0.6 is 11.5 Å². The smallest absolute Gasteiger partial charge is 0.203 e. The van der Waals surface area contributed by atoms with Gasteiger partial charge in [0.15, 0.2) is 0 Å². The number of aromatic nitrogens is 2. The number of nitrogens with zero attached hydrogens (tertiary/aromatic N) is 2. The molecule has 1 heterocycles. The van der Waals surface area contributed by atoms with Gasteiger partial charge >= 0.3 is 0 Å². The molecule has 2 N–H and O–H groups in total. The van der Waals surface area contributed by atoms with Gasteiger partial charge in [0, 0.05) is 17.5 Å². The van der Waals surface area contributed by atoms with Crippen LogP contribution in [-0.4, -0.2) is 27.6 Å². The van der Waals surface area contributed by atoms with Crippen LogP contribution in [0, 0.1) is 11.8 Å². The summed E-state index contributed by atoms with van der Waals surface area (Å²) in [5, 5.41) is 12.2. The topological polar surface area (TPSA) is 58.0 Å². The Balaban J connectivity index is 2.44. The average Bonchev–Trinajstić information content (AvgIpc) is 2.61. The molecule has 1 rings (SSSR count). The quantitative estimate of drug-likeness (QED) is 0.734. The molecule has 0 saturated carbocycles. The van der Waals surface area contributed by atoms with Crippen LogP contribution < -0.4 is 5.32 Å². The van der Waals surface area contributed by atoms with E-state index in [2.05, 4.69) is 40.4 Å². The Hall–Kier alpha value is -1.12. The summed E-state index contributed by atoms with van der Waals surface area (Å²) < 4.78 is 4.19. The maximum atomic E-state index is 8.41. The first-order valence-corrected chi connectivity index (χ1v) is 5.15. The zero-order valence-electron chi connectivity index (χ0n) is 8.24. The summed E-state index contributed by atoms with van der Waals surface area (Å²) >= 11 is 1.33. The first-order chi connectivity index (χ1) is 6.74. The second-order valence-electron chi connectivity index (χ2n) is 2.98. The van der Waals surface area contributed by atoms with Gasteiger partial charge in [0.1, 0.15) is 12.4 Å². The van der Waals surface area contributed by atoms with Crippen molar-refractivity contribution in [1.82, 2.24) is 9.36 Å². The van der Waals surface area contributed by atoms with E-state index in [0.717, 1.165) is 11.0 Å². The van der Waals surface area contributed by atoms with Gasteiger partial charge < -0.3 is 10.4 Å². The maximum Gasteiger partial charge on any atom is 0.203 e. The summed E-state index contributed by atoms with van der Waals surface area (Å²) in [6.45, 7) is 4.50. The van der Waals surface area contributed by atoms with E-state index in [1.54, 1.807) is 0 Å². The fourth-order valence-electron chi connectivity index (χ4n) is 0.779. The number of nitrogens with one attached hydrogen (secondary N) is 1. The summed E-state index contributed by atoms with van der Waals surface area (Å²) in [4.78, 5) is 4.27. The monoisotopic (exact) mass is 211 g/mol. The summed E-state index contributed by atoms with van der Waals surface area (Å²) in [6, 6.07) is 0. The fraction of sp³-hybridized carbons (Fsp3) is 0.556. The van der Waals surface area contributed by atoms with Crippen LogP contribution in [0.1, 0.15) is 25.6 Å². The van der Waals surface area contributed by atoms with Gasteiger partial charge in [-0.3, -0.25) is 0 Å². The molecule has 0 unspecified atom stereocenters. The summed E-state index contributed by atoms with van der Waals surface area (Å²) in [7, 11) is 0. The summed E-state index contributed by atoms with van der Waals surface area (Å²) in [5.41, 5.74) is 0. The minimum Gasteiger partial charge on any atom is -0.384 e. The van der Waals surface area contributed by atoms with Gasteiger partial charge in [-0.25, -0.2) is 4.98 Å². The second kappa shape index (κ2) is 5.58. The highest BCUT2D eigenvalue weighted by atomic mass is 32.1. The molecule has 1 aromatic rings. The van der Waals surface area contributed by atoms with E-state index in [1.807, 2.05) is 0 Å². The van der Waals surface area contributed by atoms with Crippen molar-refractivity contribution in [3.05, 3.63) is 5.82 Å². The lowest BCUT2D eigenvalue weighted by Crippen LogP contribution is -1.99. The molecule has 0 saturated heterocycles. The first kappa shape index (κ1) is 11.0. The zero-order valence-corrected chi connectivity index (χ0v) is 9.06. The maximum absolute atomic E-state index is 8.41. The second-order valence-corrected chi connectivity index (χ2v) is 3.73. The summed E-state index contributed by atoms with van der Waals surface area (Å²) in [6.07, 6.45) is 0.